The van der Waals surface area contributed by atoms with E-state index in [1.54, 1.807) is 42.5 Å². The molecule has 0 radical (unpaired) electrons. The molecule has 0 saturated carbocycles. The molecule has 0 bridgehead atoms. The number of thioether (sulfide) groups is 1. The van der Waals surface area contributed by atoms with Crippen LogP contribution in [0.3, 0.4) is 0 Å². The van der Waals surface area contributed by atoms with Gasteiger partial charge in [0.05, 0.1) is 16.4 Å². The third-order valence-corrected chi connectivity index (χ3v) is 5.78. The molecule has 0 aliphatic carbocycles. The number of hydrogen-bond donors (Lipinski definition) is 0. The van der Waals surface area contributed by atoms with Crippen molar-refractivity contribution in [3.05, 3.63) is 110 Å². The van der Waals surface area contributed by atoms with Crippen LogP contribution in [0.15, 0.2) is 77.7 Å². The number of ether oxygens (including phenoxy) is 1. The molecule has 0 atom stereocenters. The number of nitro benzene ring substituents is 1. The lowest BCUT2D eigenvalue weighted by molar-refractivity contribution is -0.384. The minimum atomic E-state index is -0.512. The number of carbonyl (C=O) groups is 2. The lowest BCUT2D eigenvalue weighted by Crippen LogP contribution is -2.27. The summed E-state index contributed by atoms with van der Waals surface area (Å²) in [4.78, 5) is 36.9. The topological polar surface area (TPSA) is 89.8 Å². The fraction of sp³-hybridized carbons (Fsp3) is 0.0833. The van der Waals surface area contributed by atoms with Gasteiger partial charge in [0.15, 0.2) is 0 Å². The van der Waals surface area contributed by atoms with E-state index >= 15 is 0 Å². The van der Waals surface area contributed by atoms with Crippen LogP contribution in [0.4, 0.5) is 14.9 Å². The molecule has 1 heterocycles. The molecule has 0 spiro atoms. The first-order valence-corrected chi connectivity index (χ1v) is 10.7. The standard InChI is InChI=1S/C24H17FN2O5S/c25-19-9-5-17(6-10-19)15-32-21-4-2-1-3-18(21)13-22-23(28)26(24(29)33-22)14-16-7-11-20(12-8-16)27(30)31/h1-13H,14-15H2. The van der Waals surface area contributed by atoms with Crippen molar-refractivity contribution in [3.63, 3.8) is 0 Å². The molecule has 166 valence electrons. The van der Waals surface area contributed by atoms with E-state index in [0.717, 1.165) is 22.2 Å². The Morgan fingerprint density at radius 3 is 2.33 bits per heavy atom. The third-order valence-electron chi connectivity index (χ3n) is 4.87. The quantitative estimate of drug-likeness (QED) is 0.259. The number of non-ortho nitro benzene ring substituents is 1. The highest BCUT2D eigenvalue weighted by molar-refractivity contribution is 8.18. The summed E-state index contributed by atoms with van der Waals surface area (Å²) >= 11 is 0.822. The molecule has 1 fully saturated rings. The minimum Gasteiger partial charge on any atom is -0.488 e. The average Bonchev–Trinajstić information content (AvgIpc) is 3.07. The van der Waals surface area contributed by atoms with Gasteiger partial charge in [-0.2, -0.15) is 0 Å². The predicted octanol–water partition coefficient (Wildman–Crippen LogP) is 5.55. The highest BCUT2D eigenvalue weighted by Crippen LogP contribution is 2.35. The van der Waals surface area contributed by atoms with E-state index in [1.807, 2.05) is 0 Å². The van der Waals surface area contributed by atoms with Crippen LogP contribution in [-0.4, -0.2) is 21.0 Å². The molecule has 0 unspecified atom stereocenters. The van der Waals surface area contributed by atoms with Gasteiger partial charge >= 0.3 is 0 Å². The first-order valence-electron chi connectivity index (χ1n) is 9.86. The summed E-state index contributed by atoms with van der Waals surface area (Å²) in [5.41, 5.74) is 1.95. The number of amides is 2. The Morgan fingerprint density at radius 1 is 0.970 bits per heavy atom. The Morgan fingerprint density at radius 2 is 1.64 bits per heavy atom. The van der Waals surface area contributed by atoms with Crippen LogP contribution in [0.5, 0.6) is 5.75 Å². The van der Waals surface area contributed by atoms with Crippen molar-refractivity contribution in [2.75, 3.05) is 0 Å². The Labute approximate surface area is 192 Å². The van der Waals surface area contributed by atoms with E-state index in [1.165, 1.54) is 36.4 Å². The van der Waals surface area contributed by atoms with Crippen molar-refractivity contribution < 1.29 is 23.6 Å². The minimum absolute atomic E-state index is 0.0166. The van der Waals surface area contributed by atoms with Crippen LogP contribution < -0.4 is 4.74 Å². The van der Waals surface area contributed by atoms with Gasteiger partial charge in [0.1, 0.15) is 18.2 Å². The molecule has 3 aromatic carbocycles. The van der Waals surface area contributed by atoms with Gasteiger partial charge in [0, 0.05) is 17.7 Å². The van der Waals surface area contributed by atoms with Crippen LogP contribution in [-0.2, 0) is 17.9 Å². The number of nitro groups is 1. The second kappa shape index (κ2) is 9.66. The number of hydrogen-bond acceptors (Lipinski definition) is 6. The fourth-order valence-electron chi connectivity index (χ4n) is 3.16. The predicted molar refractivity (Wildman–Crippen MR) is 122 cm³/mol. The summed E-state index contributed by atoms with van der Waals surface area (Å²) in [6.45, 7) is 0.232. The summed E-state index contributed by atoms with van der Waals surface area (Å²) in [6.07, 6.45) is 1.60. The van der Waals surface area contributed by atoms with E-state index in [2.05, 4.69) is 0 Å². The molecule has 3 aromatic rings. The third kappa shape index (κ3) is 5.27. The lowest BCUT2D eigenvalue weighted by Gasteiger charge is -2.12. The number of imide groups is 1. The summed E-state index contributed by atoms with van der Waals surface area (Å²) in [6, 6.07) is 18.8. The van der Waals surface area contributed by atoms with Crippen molar-refractivity contribution >= 4 is 34.7 Å². The Kier molecular flexibility index (Phi) is 6.50. The van der Waals surface area contributed by atoms with Gasteiger partial charge in [-0.25, -0.2) is 4.39 Å². The average molecular weight is 464 g/mol. The van der Waals surface area contributed by atoms with E-state index in [0.29, 0.717) is 16.9 Å². The van der Waals surface area contributed by atoms with Gasteiger partial charge in [0.25, 0.3) is 16.8 Å². The summed E-state index contributed by atoms with van der Waals surface area (Å²) < 4.78 is 18.9. The zero-order valence-electron chi connectivity index (χ0n) is 17.1. The number of carbonyl (C=O) groups excluding carboxylic acids is 2. The van der Waals surface area contributed by atoms with Crippen LogP contribution in [0.25, 0.3) is 6.08 Å². The smallest absolute Gasteiger partial charge is 0.293 e. The van der Waals surface area contributed by atoms with Crippen molar-refractivity contribution in [3.8, 4) is 5.75 Å². The molecule has 0 aromatic heterocycles. The SMILES string of the molecule is O=C1SC(=Cc2ccccc2OCc2ccc(F)cc2)C(=O)N1Cc1ccc([N+](=O)[O-])cc1. The van der Waals surface area contributed by atoms with Crippen LogP contribution in [0.2, 0.25) is 0 Å². The van der Waals surface area contributed by atoms with Gasteiger partial charge in [0.2, 0.25) is 0 Å². The zero-order chi connectivity index (χ0) is 23.4. The second-order valence-electron chi connectivity index (χ2n) is 7.14. The van der Waals surface area contributed by atoms with Crippen molar-refractivity contribution in [1.82, 2.24) is 4.90 Å². The molecule has 1 saturated heterocycles. The Balaban J connectivity index is 1.49. The van der Waals surface area contributed by atoms with Gasteiger partial charge in [-0.1, -0.05) is 42.5 Å². The van der Waals surface area contributed by atoms with E-state index in [4.69, 9.17) is 4.74 Å². The lowest BCUT2D eigenvalue weighted by atomic mass is 10.1. The van der Waals surface area contributed by atoms with E-state index in [-0.39, 0.29) is 29.6 Å². The summed E-state index contributed by atoms with van der Waals surface area (Å²) in [5.74, 6) is -0.260. The molecule has 1 aliphatic rings. The van der Waals surface area contributed by atoms with Gasteiger partial charge in [-0.15, -0.1) is 0 Å². The number of para-hydroxylation sites is 1. The fourth-order valence-corrected chi connectivity index (χ4v) is 3.99. The molecule has 2 amide bonds. The van der Waals surface area contributed by atoms with Crippen LogP contribution in [0, 0.1) is 15.9 Å². The van der Waals surface area contributed by atoms with E-state index < -0.39 is 16.1 Å². The molecule has 4 rings (SSSR count). The van der Waals surface area contributed by atoms with Crippen LogP contribution >= 0.6 is 11.8 Å². The molecule has 9 heteroatoms. The monoisotopic (exact) mass is 464 g/mol. The van der Waals surface area contributed by atoms with Gasteiger partial charge in [-0.05, 0) is 47.2 Å². The number of halogens is 1. The Bertz CT molecular complexity index is 1240. The van der Waals surface area contributed by atoms with Gasteiger partial charge < -0.3 is 4.74 Å². The number of nitrogens with zero attached hydrogens (tertiary/aromatic N) is 2. The van der Waals surface area contributed by atoms with E-state index in [9.17, 15) is 24.1 Å². The molecule has 33 heavy (non-hydrogen) atoms. The van der Waals surface area contributed by atoms with Crippen molar-refractivity contribution in [2.24, 2.45) is 0 Å². The highest BCUT2D eigenvalue weighted by atomic mass is 32.2. The normalized spacial score (nSPS) is 14.7. The number of benzene rings is 3. The maximum absolute atomic E-state index is 13.1. The largest absolute Gasteiger partial charge is 0.488 e. The second-order valence-corrected chi connectivity index (χ2v) is 8.14. The summed E-state index contributed by atoms with van der Waals surface area (Å²) in [5, 5.41) is 10.4. The Hall–Kier alpha value is -3.98. The molecule has 0 N–H and O–H groups in total. The zero-order valence-corrected chi connectivity index (χ0v) is 18.0. The van der Waals surface area contributed by atoms with Gasteiger partial charge in [-0.3, -0.25) is 24.6 Å². The maximum atomic E-state index is 13.1. The van der Waals surface area contributed by atoms with Crippen molar-refractivity contribution in [2.45, 2.75) is 13.2 Å². The summed E-state index contributed by atoms with van der Waals surface area (Å²) in [7, 11) is 0. The molecule has 1 aliphatic heterocycles. The molecular weight excluding hydrogens is 447 g/mol. The molecular formula is C24H17FN2O5S. The maximum Gasteiger partial charge on any atom is 0.293 e. The number of rotatable bonds is 7. The van der Waals surface area contributed by atoms with Crippen LogP contribution in [0.1, 0.15) is 16.7 Å². The molecule has 7 nitrogen and oxygen atoms in total. The highest BCUT2D eigenvalue weighted by Gasteiger charge is 2.35. The first-order chi connectivity index (χ1) is 15.9. The first kappa shape index (κ1) is 22.2. The van der Waals surface area contributed by atoms with Crippen molar-refractivity contribution in [1.29, 1.82) is 0 Å².